The summed E-state index contributed by atoms with van der Waals surface area (Å²) in [5, 5.41) is 0. The summed E-state index contributed by atoms with van der Waals surface area (Å²) in [5.41, 5.74) is 2.04. The molecule has 0 unspecified atom stereocenters. The number of amides is 1. The molecular weight excluding hydrogens is 405 g/mol. The molecule has 0 spiro atoms. The van der Waals surface area contributed by atoms with Crippen LogP contribution < -0.4 is 9.47 Å². The van der Waals surface area contributed by atoms with Gasteiger partial charge in [0.15, 0.2) is 0 Å². The SMILES string of the molecule is COc1cc(C(=O)N(CCCc2cccc(F)c2)CCOOC(C)=O)cc(OC)c1C. The number of benzene rings is 2. The fraction of sp³-hybridized carbons (Fsp3) is 0.391. The highest BCUT2D eigenvalue weighted by Crippen LogP contribution is 2.30. The molecule has 0 aliphatic rings. The lowest BCUT2D eigenvalue weighted by molar-refractivity contribution is -0.270. The number of carbonyl (C=O) groups excluding carboxylic acids is 2. The van der Waals surface area contributed by atoms with Crippen LogP contribution in [0.2, 0.25) is 0 Å². The van der Waals surface area contributed by atoms with E-state index in [0.717, 1.165) is 11.1 Å². The van der Waals surface area contributed by atoms with Crippen LogP contribution in [-0.4, -0.2) is 50.7 Å². The van der Waals surface area contributed by atoms with E-state index < -0.39 is 5.97 Å². The molecule has 31 heavy (non-hydrogen) atoms. The molecule has 0 aliphatic heterocycles. The second-order valence-corrected chi connectivity index (χ2v) is 6.93. The van der Waals surface area contributed by atoms with Crippen LogP contribution in [0.15, 0.2) is 36.4 Å². The van der Waals surface area contributed by atoms with E-state index in [1.807, 2.05) is 13.0 Å². The Morgan fingerprint density at radius 2 is 1.71 bits per heavy atom. The monoisotopic (exact) mass is 433 g/mol. The second-order valence-electron chi connectivity index (χ2n) is 6.93. The average Bonchev–Trinajstić information content (AvgIpc) is 2.75. The van der Waals surface area contributed by atoms with E-state index in [0.29, 0.717) is 36.4 Å². The van der Waals surface area contributed by atoms with Crippen molar-refractivity contribution in [3.63, 3.8) is 0 Å². The van der Waals surface area contributed by atoms with Gasteiger partial charge in [0.25, 0.3) is 5.91 Å². The van der Waals surface area contributed by atoms with E-state index in [1.54, 1.807) is 23.1 Å². The summed E-state index contributed by atoms with van der Waals surface area (Å²) in [6.07, 6.45) is 1.22. The number of ether oxygens (including phenoxy) is 2. The number of hydrogen-bond acceptors (Lipinski definition) is 6. The number of hydrogen-bond donors (Lipinski definition) is 0. The van der Waals surface area contributed by atoms with Gasteiger partial charge in [0.1, 0.15) is 23.9 Å². The van der Waals surface area contributed by atoms with Crippen LogP contribution in [0.5, 0.6) is 11.5 Å². The van der Waals surface area contributed by atoms with Crippen molar-refractivity contribution in [1.29, 1.82) is 0 Å². The fourth-order valence-electron chi connectivity index (χ4n) is 3.15. The third-order valence-electron chi connectivity index (χ3n) is 4.69. The van der Waals surface area contributed by atoms with Crippen LogP contribution in [0.25, 0.3) is 0 Å². The minimum absolute atomic E-state index is 0.0193. The zero-order valence-electron chi connectivity index (χ0n) is 18.3. The van der Waals surface area contributed by atoms with Crippen molar-refractivity contribution in [2.75, 3.05) is 33.9 Å². The normalized spacial score (nSPS) is 10.5. The molecule has 0 radical (unpaired) electrons. The minimum Gasteiger partial charge on any atom is -0.496 e. The van der Waals surface area contributed by atoms with Gasteiger partial charge in [-0.25, -0.2) is 9.18 Å². The van der Waals surface area contributed by atoms with E-state index in [9.17, 15) is 14.0 Å². The molecule has 8 heteroatoms. The molecule has 7 nitrogen and oxygen atoms in total. The Bertz CT molecular complexity index is 876. The Labute approximate surface area is 181 Å². The van der Waals surface area contributed by atoms with Crippen LogP contribution in [0.1, 0.15) is 34.8 Å². The number of carbonyl (C=O) groups is 2. The molecule has 0 N–H and O–H groups in total. The Morgan fingerprint density at radius 1 is 1.03 bits per heavy atom. The smallest absolute Gasteiger partial charge is 0.339 e. The summed E-state index contributed by atoms with van der Waals surface area (Å²) in [6, 6.07) is 9.69. The van der Waals surface area contributed by atoms with Crippen LogP contribution in [-0.2, 0) is 21.0 Å². The first-order valence-electron chi connectivity index (χ1n) is 9.92. The number of nitrogens with zero attached hydrogens (tertiary/aromatic N) is 1. The molecule has 0 heterocycles. The maximum atomic E-state index is 13.4. The number of aryl methyl sites for hydroxylation is 1. The van der Waals surface area contributed by atoms with Gasteiger partial charge < -0.3 is 14.4 Å². The highest BCUT2D eigenvalue weighted by Gasteiger charge is 2.19. The van der Waals surface area contributed by atoms with Crippen LogP contribution >= 0.6 is 0 Å². The summed E-state index contributed by atoms with van der Waals surface area (Å²) in [6.45, 7) is 3.69. The van der Waals surface area contributed by atoms with Gasteiger partial charge in [0.2, 0.25) is 0 Å². The lowest BCUT2D eigenvalue weighted by Crippen LogP contribution is -2.35. The molecule has 0 aliphatic carbocycles. The van der Waals surface area contributed by atoms with E-state index in [4.69, 9.17) is 14.4 Å². The summed E-state index contributed by atoms with van der Waals surface area (Å²) in [5.74, 6) is -0.0320. The fourth-order valence-corrected chi connectivity index (χ4v) is 3.15. The highest BCUT2D eigenvalue weighted by molar-refractivity contribution is 5.95. The van der Waals surface area contributed by atoms with Gasteiger partial charge in [0, 0.05) is 31.1 Å². The molecule has 0 saturated heterocycles. The van der Waals surface area contributed by atoms with Gasteiger partial charge in [-0.3, -0.25) is 9.68 Å². The quantitative estimate of drug-likeness (QED) is 0.306. The Kier molecular flexibility index (Phi) is 9.27. The van der Waals surface area contributed by atoms with Crippen LogP contribution in [0.4, 0.5) is 4.39 Å². The first-order chi connectivity index (χ1) is 14.8. The van der Waals surface area contributed by atoms with E-state index in [-0.39, 0.29) is 24.9 Å². The van der Waals surface area contributed by atoms with Crippen LogP contribution in [0.3, 0.4) is 0 Å². The molecular formula is C23H28FNO6. The van der Waals surface area contributed by atoms with Crippen LogP contribution in [0, 0.1) is 12.7 Å². The van der Waals surface area contributed by atoms with Gasteiger partial charge in [0.05, 0.1) is 14.2 Å². The lowest BCUT2D eigenvalue weighted by Gasteiger charge is -2.23. The summed E-state index contributed by atoms with van der Waals surface area (Å²) < 4.78 is 24.1. The summed E-state index contributed by atoms with van der Waals surface area (Å²) in [7, 11) is 3.06. The molecule has 0 aromatic heterocycles. The van der Waals surface area contributed by atoms with E-state index >= 15 is 0 Å². The maximum absolute atomic E-state index is 13.4. The molecule has 0 fully saturated rings. The van der Waals surface area contributed by atoms with Gasteiger partial charge in [-0.2, -0.15) is 4.89 Å². The first kappa shape index (κ1) is 24.1. The minimum atomic E-state index is -0.572. The Hall–Kier alpha value is -3.13. The van der Waals surface area contributed by atoms with Crippen molar-refractivity contribution < 1.29 is 33.2 Å². The second kappa shape index (κ2) is 11.9. The third kappa shape index (κ3) is 7.25. The number of halogens is 1. The van der Waals surface area contributed by atoms with Crippen molar-refractivity contribution >= 4 is 11.9 Å². The molecule has 1 amide bonds. The van der Waals surface area contributed by atoms with Gasteiger partial charge in [-0.05, 0) is 49.6 Å². The van der Waals surface area contributed by atoms with Crippen molar-refractivity contribution in [3.8, 4) is 11.5 Å². The molecule has 2 rings (SSSR count). The average molecular weight is 433 g/mol. The molecule has 0 saturated carbocycles. The number of rotatable bonds is 11. The van der Waals surface area contributed by atoms with Gasteiger partial charge in [-0.1, -0.05) is 12.1 Å². The zero-order valence-corrected chi connectivity index (χ0v) is 18.3. The third-order valence-corrected chi connectivity index (χ3v) is 4.69. The molecule has 168 valence electrons. The van der Waals surface area contributed by atoms with Gasteiger partial charge >= 0.3 is 5.97 Å². The largest absolute Gasteiger partial charge is 0.496 e. The molecule has 2 aromatic rings. The van der Waals surface area contributed by atoms with Crippen molar-refractivity contribution in [2.45, 2.75) is 26.7 Å². The standard InChI is InChI=1S/C23H28FNO6/c1-16-21(28-3)14-19(15-22(16)29-4)23(27)25(11-12-30-31-17(2)26)10-6-8-18-7-5-9-20(24)13-18/h5,7,9,13-15H,6,8,10-12H2,1-4H3. The Morgan fingerprint density at radius 3 is 2.29 bits per heavy atom. The van der Waals surface area contributed by atoms with Crippen molar-refractivity contribution in [2.24, 2.45) is 0 Å². The Balaban J connectivity index is 2.14. The maximum Gasteiger partial charge on any atom is 0.339 e. The summed E-state index contributed by atoms with van der Waals surface area (Å²) in [4.78, 5) is 35.0. The first-order valence-corrected chi connectivity index (χ1v) is 9.92. The highest BCUT2D eigenvalue weighted by atomic mass is 19.1. The van der Waals surface area contributed by atoms with E-state index in [2.05, 4.69) is 4.89 Å². The summed E-state index contributed by atoms with van der Waals surface area (Å²) >= 11 is 0. The number of methoxy groups -OCH3 is 2. The molecule has 0 bridgehead atoms. The van der Waals surface area contributed by atoms with Crippen molar-refractivity contribution in [3.05, 3.63) is 58.9 Å². The predicted molar refractivity (Wildman–Crippen MR) is 113 cm³/mol. The van der Waals surface area contributed by atoms with E-state index in [1.165, 1.54) is 33.3 Å². The predicted octanol–water partition coefficient (Wildman–Crippen LogP) is 3.72. The topological polar surface area (TPSA) is 74.3 Å². The molecule has 0 atom stereocenters. The zero-order chi connectivity index (χ0) is 22.8. The van der Waals surface area contributed by atoms with Crippen molar-refractivity contribution in [1.82, 2.24) is 4.90 Å². The lowest BCUT2D eigenvalue weighted by atomic mass is 10.1. The van der Waals surface area contributed by atoms with Gasteiger partial charge in [-0.15, -0.1) is 0 Å². The molecule has 2 aromatic carbocycles.